The number of pyridine rings is 1. The smallest absolute Gasteiger partial charge is 0.399 e. The van der Waals surface area contributed by atoms with E-state index in [0.717, 1.165) is 48.3 Å². The number of aryl methyl sites for hydroxylation is 1. The molecule has 3 aliphatic rings. The zero-order valence-electron chi connectivity index (χ0n) is 21.2. The predicted octanol–water partition coefficient (Wildman–Crippen LogP) is 3.72. The lowest BCUT2D eigenvalue weighted by Gasteiger charge is -2.32. The highest BCUT2D eigenvalue weighted by atomic mass is 16.7. The SMILES string of the molecule is Cc1ccccc1C(=O)NC1(C)CC2CN(c3ccc(B4OC(C)(C)C(C)(C)O4)cn3)CC2C1. The van der Waals surface area contributed by atoms with Crippen LogP contribution in [0.4, 0.5) is 5.82 Å². The number of fused-ring (bicyclic) bond motifs is 1. The fraction of sp³-hybridized carbons (Fsp3) is 0.556. The Hall–Kier alpha value is -2.38. The lowest BCUT2D eigenvalue weighted by molar-refractivity contribution is 0.00578. The first-order chi connectivity index (χ1) is 16.0. The van der Waals surface area contributed by atoms with Crippen molar-refractivity contribution in [2.24, 2.45) is 11.8 Å². The molecule has 2 aliphatic heterocycles. The van der Waals surface area contributed by atoms with E-state index in [-0.39, 0.29) is 29.8 Å². The average molecular weight is 461 g/mol. The fourth-order valence-electron chi connectivity index (χ4n) is 5.80. The normalized spacial score (nSPS) is 29.4. The van der Waals surface area contributed by atoms with Gasteiger partial charge >= 0.3 is 7.12 Å². The van der Waals surface area contributed by atoms with Crippen molar-refractivity contribution in [1.82, 2.24) is 10.3 Å². The van der Waals surface area contributed by atoms with E-state index in [4.69, 9.17) is 14.3 Å². The Bertz CT molecular complexity index is 1050. The van der Waals surface area contributed by atoms with E-state index in [9.17, 15) is 4.79 Å². The summed E-state index contributed by atoms with van der Waals surface area (Å²) in [6, 6.07) is 12.0. The van der Waals surface area contributed by atoms with Gasteiger partial charge in [0, 0.05) is 35.9 Å². The van der Waals surface area contributed by atoms with Crippen LogP contribution in [0.2, 0.25) is 0 Å². The van der Waals surface area contributed by atoms with Gasteiger partial charge in [-0.3, -0.25) is 4.79 Å². The summed E-state index contributed by atoms with van der Waals surface area (Å²) < 4.78 is 12.3. The highest BCUT2D eigenvalue weighted by Crippen LogP contribution is 2.44. The molecule has 1 aliphatic carbocycles. The van der Waals surface area contributed by atoms with Gasteiger partial charge in [-0.1, -0.05) is 24.3 Å². The minimum Gasteiger partial charge on any atom is -0.399 e. The number of hydrogen-bond donors (Lipinski definition) is 1. The van der Waals surface area contributed by atoms with Crippen LogP contribution >= 0.6 is 0 Å². The molecule has 0 radical (unpaired) electrons. The molecular weight excluding hydrogens is 425 g/mol. The van der Waals surface area contributed by atoms with Crippen LogP contribution in [-0.4, -0.2) is 47.8 Å². The van der Waals surface area contributed by atoms with Crippen molar-refractivity contribution in [3.8, 4) is 0 Å². The van der Waals surface area contributed by atoms with Gasteiger partial charge in [0.25, 0.3) is 5.91 Å². The molecule has 1 amide bonds. The summed E-state index contributed by atoms with van der Waals surface area (Å²) in [5.74, 6) is 2.16. The molecule has 3 heterocycles. The minimum atomic E-state index is -0.387. The topological polar surface area (TPSA) is 63.7 Å². The predicted molar refractivity (Wildman–Crippen MR) is 135 cm³/mol. The maximum Gasteiger partial charge on any atom is 0.496 e. The van der Waals surface area contributed by atoms with Crippen molar-refractivity contribution in [2.75, 3.05) is 18.0 Å². The second kappa shape index (κ2) is 8.09. The molecule has 1 aromatic carbocycles. The Balaban J connectivity index is 1.20. The summed E-state index contributed by atoms with van der Waals surface area (Å²) in [6.45, 7) is 14.4. The molecule has 2 unspecified atom stereocenters. The van der Waals surface area contributed by atoms with Gasteiger partial charge < -0.3 is 19.5 Å². The van der Waals surface area contributed by atoms with E-state index in [1.807, 2.05) is 37.4 Å². The van der Waals surface area contributed by atoms with Crippen LogP contribution in [0, 0.1) is 18.8 Å². The van der Waals surface area contributed by atoms with E-state index in [1.54, 1.807) is 0 Å². The third-order valence-corrected chi connectivity index (χ3v) is 8.43. The van der Waals surface area contributed by atoms with Crippen LogP contribution in [0.3, 0.4) is 0 Å². The zero-order valence-corrected chi connectivity index (χ0v) is 21.2. The van der Waals surface area contributed by atoms with Crippen LogP contribution in [0.25, 0.3) is 0 Å². The molecule has 7 heteroatoms. The van der Waals surface area contributed by atoms with Gasteiger partial charge in [0.2, 0.25) is 0 Å². The van der Waals surface area contributed by atoms with Crippen LogP contribution in [-0.2, 0) is 9.31 Å². The Labute approximate surface area is 203 Å². The Kier molecular flexibility index (Phi) is 5.56. The summed E-state index contributed by atoms with van der Waals surface area (Å²) in [7, 11) is -0.387. The van der Waals surface area contributed by atoms with Gasteiger partial charge in [0.1, 0.15) is 5.82 Å². The number of nitrogens with zero attached hydrogens (tertiary/aromatic N) is 2. The molecular formula is C27H36BN3O3. The van der Waals surface area contributed by atoms with E-state index >= 15 is 0 Å². The summed E-state index contributed by atoms with van der Waals surface area (Å²) >= 11 is 0. The van der Waals surface area contributed by atoms with Gasteiger partial charge in [-0.25, -0.2) is 4.98 Å². The quantitative estimate of drug-likeness (QED) is 0.704. The van der Waals surface area contributed by atoms with Gasteiger partial charge in [-0.05, 0) is 83.9 Å². The first-order valence-electron chi connectivity index (χ1n) is 12.4. The van der Waals surface area contributed by atoms with Gasteiger partial charge in [0.05, 0.1) is 11.2 Å². The molecule has 6 nitrogen and oxygen atoms in total. The van der Waals surface area contributed by atoms with Gasteiger partial charge in [-0.15, -0.1) is 0 Å². The van der Waals surface area contributed by atoms with Crippen molar-refractivity contribution < 1.29 is 14.1 Å². The molecule has 34 heavy (non-hydrogen) atoms. The van der Waals surface area contributed by atoms with Crippen molar-refractivity contribution >= 4 is 24.3 Å². The van der Waals surface area contributed by atoms with Crippen molar-refractivity contribution in [1.29, 1.82) is 0 Å². The molecule has 5 rings (SSSR count). The molecule has 1 saturated carbocycles. The summed E-state index contributed by atoms with van der Waals surface area (Å²) in [5, 5.41) is 3.35. The number of nitrogens with one attached hydrogen (secondary N) is 1. The monoisotopic (exact) mass is 461 g/mol. The average Bonchev–Trinajstić information content (AvgIpc) is 3.34. The number of carbonyl (C=O) groups excluding carboxylic acids is 1. The molecule has 3 fully saturated rings. The third kappa shape index (κ3) is 4.13. The molecule has 2 aromatic rings. The summed E-state index contributed by atoms with van der Waals surface area (Å²) in [5.41, 5.74) is 1.87. The van der Waals surface area contributed by atoms with Crippen LogP contribution in [0.15, 0.2) is 42.6 Å². The van der Waals surface area contributed by atoms with Crippen molar-refractivity contribution in [3.05, 3.63) is 53.7 Å². The van der Waals surface area contributed by atoms with Crippen LogP contribution in [0.5, 0.6) is 0 Å². The van der Waals surface area contributed by atoms with Gasteiger partial charge in [-0.2, -0.15) is 0 Å². The van der Waals surface area contributed by atoms with E-state index in [2.05, 4.69) is 57.0 Å². The molecule has 0 bridgehead atoms. The highest BCUT2D eigenvalue weighted by molar-refractivity contribution is 6.62. The number of benzene rings is 1. The molecule has 180 valence electrons. The van der Waals surface area contributed by atoms with Gasteiger partial charge in [0.15, 0.2) is 0 Å². The maximum absolute atomic E-state index is 12.9. The highest BCUT2D eigenvalue weighted by Gasteiger charge is 2.52. The lowest BCUT2D eigenvalue weighted by atomic mass is 9.80. The zero-order chi connectivity index (χ0) is 24.3. The van der Waals surface area contributed by atoms with E-state index < -0.39 is 0 Å². The first-order valence-corrected chi connectivity index (χ1v) is 12.4. The Morgan fingerprint density at radius 2 is 1.62 bits per heavy atom. The van der Waals surface area contributed by atoms with Crippen LogP contribution < -0.4 is 15.7 Å². The number of rotatable bonds is 4. The van der Waals surface area contributed by atoms with Crippen molar-refractivity contribution in [3.63, 3.8) is 0 Å². The number of carbonyl (C=O) groups is 1. The van der Waals surface area contributed by atoms with Crippen LogP contribution in [0.1, 0.15) is 63.4 Å². The molecule has 1 aromatic heterocycles. The second-order valence-electron chi connectivity index (χ2n) is 11.7. The second-order valence-corrected chi connectivity index (χ2v) is 11.7. The van der Waals surface area contributed by atoms with Crippen molar-refractivity contribution in [2.45, 2.75) is 71.1 Å². The fourth-order valence-corrected chi connectivity index (χ4v) is 5.80. The number of hydrogen-bond acceptors (Lipinski definition) is 5. The minimum absolute atomic E-state index is 0.0393. The number of amides is 1. The molecule has 2 atom stereocenters. The van der Waals surface area contributed by atoms with E-state index in [1.165, 1.54) is 0 Å². The lowest BCUT2D eigenvalue weighted by Crippen LogP contribution is -2.45. The standard InChI is InChI=1S/C27H36BN3O3/c1-18-9-7-8-10-22(18)24(32)30-27(6)13-19-16-31(17-20(19)14-27)23-12-11-21(15-29-23)28-33-25(2,3)26(4,5)34-28/h7-12,15,19-20H,13-14,16-17H2,1-6H3,(H,30,32). The number of anilines is 1. The molecule has 0 spiro atoms. The summed E-state index contributed by atoms with van der Waals surface area (Å²) in [4.78, 5) is 20.0. The molecule has 1 N–H and O–H groups in total. The molecule has 2 saturated heterocycles. The first kappa shape index (κ1) is 23.4. The summed E-state index contributed by atoms with van der Waals surface area (Å²) in [6.07, 6.45) is 3.88. The Morgan fingerprint density at radius 1 is 1.00 bits per heavy atom. The number of aromatic nitrogens is 1. The van der Waals surface area contributed by atoms with E-state index in [0.29, 0.717) is 11.8 Å². The Morgan fingerprint density at radius 3 is 2.18 bits per heavy atom. The third-order valence-electron chi connectivity index (χ3n) is 8.43. The maximum atomic E-state index is 12.9. The largest absolute Gasteiger partial charge is 0.496 e.